The van der Waals surface area contributed by atoms with Crippen molar-refractivity contribution in [2.24, 2.45) is 5.41 Å². The largest absolute Gasteiger partial charge is 0.371 e. The van der Waals surface area contributed by atoms with Gasteiger partial charge in [0.1, 0.15) is 0 Å². The van der Waals surface area contributed by atoms with E-state index in [0.29, 0.717) is 28.1 Å². The van der Waals surface area contributed by atoms with Crippen molar-refractivity contribution in [2.45, 2.75) is 49.3 Å². The number of benzene rings is 1. The molecule has 2 saturated heterocycles. The number of aromatic nitrogens is 3. The van der Waals surface area contributed by atoms with Gasteiger partial charge in [0.15, 0.2) is 27.1 Å². The van der Waals surface area contributed by atoms with E-state index < -0.39 is 21.7 Å². The van der Waals surface area contributed by atoms with E-state index in [4.69, 9.17) is 0 Å². The molecule has 1 N–H and O–H groups in total. The third-order valence-corrected chi connectivity index (χ3v) is 9.27. The number of hydrogen-bond acceptors (Lipinski definition) is 7. The Balaban J connectivity index is 1.31. The number of amides is 1. The number of carbonyl (C=O) groups excluding carboxylic acids is 1. The molecule has 6 rings (SSSR count). The van der Waals surface area contributed by atoms with Gasteiger partial charge in [-0.1, -0.05) is 0 Å². The zero-order valence-corrected chi connectivity index (χ0v) is 22.0. The second-order valence-corrected chi connectivity index (χ2v) is 12.9. The van der Waals surface area contributed by atoms with E-state index in [-0.39, 0.29) is 36.6 Å². The van der Waals surface area contributed by atoms with Crippen molar-refractivity contribution in [1.29, 1.82) is 0 Å². The van der Waals surface area contributed by atoms with E-state index in [9.17, 15) is 22.0 Å². The fraction of sp³-hybridized carbons (Fsp3) is 0.500. The Kier molecular flexibility index (Phi) is 5.85. The summed E-state index contributed by atoms with van der Waals surface area (Å²) in [5.74, 6) is -2.44. The van der Waals surface area contributed by atoms with Gasteiger partial charge in [0.25, 0.3) is 11.8 Å². The van der Waals surface area contributed by atoms with Crippen LogP contribution in [0.1, 0.15) is 48.9 Å². The van der Waals surface area contributed by atoms with Gasteiger partial charge in [-0.05, 0) is 49.3 Å². The number of nitrogens with one attached hydrogen (secondary N) is 1. The number of piperidine rings is 2. The van der Waals surface area contributed by atoms with Gasteiger partial charge in [0, 0.05) is 57.7 Å². The molecule has 4 heterocycles. The summed E-state index contributed by atoms with van der Waals surface area (Å²) in [5, 5.41) is 2.85. The van der Waals surface area contributed by atoms with Crippen LogP contribution >= 0.6 is 0 Å². The predicted molar refractivity (Wildman–Crippen MR) is 140 cm³/mol. The number of rotatable bonds is 5. The molecule has 1 amide bonds. The Hall–Kier alpha value is -3.28. The number of imidazole rings is 1. The summed E-state index contributed by atoms with van der Waals surface area (Å²) in [7, 11) is -3.46. The topological polar surface area (TPSA) is 99.9 Å². The molecule has 0 bridgehead atoms. The zero-order valence-electron chi connectivity index (χ0n) is 21.2. The van der Waals surface area contributed by atoms with Gasteiger partial charge < -0.3 is 19.5 Å². The lowest BCUT2D eigenvalue weighted by Gasteiger charge is -2.35. The molecule has 0 radical (unpaired) electrons. The number of carbonyl (C=O) groups is 1. The van der Waals surface area contributed by atoms with Crippen molar-refractivity contribution in [3.05, 3.63) is 42.4 Å². The second-order valence-electron chi connectivity index (χ2n) is 10.8. The lowest BCUT2D eigenvalue weighted by molar-refractivity contribution is -0.0221. The Labute approximate surface area is 219 Å². The standard InChI is InChI=1S/C26H30F2N6O3S/c1-38(36,37)18-2-3-19(20(16-18)32-11-6-25(4-5-25)7-12-32)24(35)31-21-17-34-15-10-29-22(34)23(30-21)33-13-8-26(27,28)9-14-33/h2-3,10,15-17H,4-9,11-14H2,1H3,(H,31,35). The highest BCUT2D eigenvalue weighted by Gasteiger charge is 2.44. The van der Waals surface area contributed by atoms with Crippen LogP contribution < -0.4 is 15.1 Å². The number of hydrogen-bond donors (Lipinski definition) is 1. The molecule has 2 aromatic heterocycles. The highest BCUT2D eigenvalue weighted by atomic mass is 32.2. The highest BCUT2D eigenvalue weighted by molar-refractivity contribution is 7.90. The monoisotopic (exact) mass is 544 g/mol. The molecule has 1 aliphatic carbocycles. The summed E-state index contributed by atoms with van der Waals surface area (Å²) < 4.78 is 53.8. The summed E-state index contributed by atoms with van der Waals surface area (Å²) in [6.07, 6.45) is 10.1. The summed E-state index contributed by atoms with van der Waals surface area (Å²) in [6, 6.07) is 4.58. The van der Waals surface area contributed by atoms with Gasteiger partial charge >= 0.3 is 0 Å². The van der Waals surface area contributed by atoms with Crippen LogP contribution in [-0.2, 0) is 9.84 Å². The van der Waals surface area contributed by atoms with Gasteiger partial charge in [-0.15, -0.1) is 0 Å². The van der Waals surface area contributed by atoms with Crippen LogP contribution in [0.15, 0.2) is 41.7 Å². The van der Waals surface area contributed by atoms with Crippen LogP contribution in [0.5, 0.6) is 0 Å². The molecular formula is C26H30F2N6O3S. The predicted octanol–water partition coefficient (Wildman–Crippen LogP) is 4.00. The molecular weight excluding hydrogens is 514 g/mol. The molecule has 12 heteroatoms. The average Bonchev–Trinajstić information content (AvgIpc) is 3.45. The number of halogens is 2. The summed E-state index contributed by atoms with van der Waals surface area (Å²) in [6.45, 7) is 1.79. The molecule has 3 aromatic rings. The van der Waals surface area contributed by atoms with Gasteiger partial charge in [-0.3, -0.25) is 4.79 Å². The second kappa shape index (κ2) is 8.89. The Morgan fingerprint density at radius 1 is 1.00 bits per heavy atom. The van der Waals surface area contributed by atoms with Crippen molar-refractivity contribution in [2.75, 3.05) is 47.6 Å². The number of nitrogens with zero attached hydrogens (tertiary/aromatic N) is 5. The smallest absolute Gasteiger partial charge is 0.258 e. The lowest BCUT2D eigenvalue weighted by atomic mass is 9.93. The molecule has 2 aliphatic heterocycles. The van der Waals surface area contributed by atoms with Gasteiger partial charge in [0.05, 0.1) is 22.3 Å². The maximum Gasteiger partial charge on any atom is 0.258 e. The summed E-state index contributed by atoms with van der Waals surface area (Å²) in [5.41, 5.74) is 1.89. The number of alkyl halides is 2. The van der Waals surface area contributed by atoms with E-state index >= 15 is 0 Å². The molecule has 9 nitrogen and oxygen atoms in total. The van der Waals surface area contributed by atoms with Crippen LogP contribution in [0.4, 0.5) is 26.1 Å². The maximum atomic E-state index is 13.8. The highest BCUT2D eigenvalue weighted by Crippen LogP contribution is 2.54. The number of sulfone groups is 1. The first-order chi connectivity index (χ1) is 18.0. The third kappa shape index (κ3) is 4.81. The van der Waals surface area contributed by atoms with Crippen LogP contribution in [-0.4, -0.2) is 67.1 Å². The van der Waals surface area contributed by atoms with E-state index in [1.807, 2.05) is 0 Å². The molecule has 3 aliphatic rings. The molecule has 1 spiro atoms. The molecule has 3 fully saturated rings. The van der Waals surface area contributed by atoms with E-state index in [1.54, 1.807) is 40.0 Å². The van der Waals surface area contributed by atoms with Crippen molar-refractivity contribution in [1.82, 2.24) is 14.4 Å². The van der Waals surface area contributed by atoms with E-state index in [1.165, 1.54) is 18.9 Å². The molecule has 0 atom stereocenters. The quantitative estimate of drug-likeness (QED) is 0.518. The average molecular weight is 545 g/mol. The van der Waals surface area contributed by atoms with E-state index in [0.717, 1.165) is 32.2 Å². The normalized spacial score (nSPS) is 20.6. The molecule has 1 saturated carbocycles. The first-order valence-electron chi connectivity index (χ1n) is 12.9. The van der Waals surface area contributed by atoms with Gasteiger partial charge in [-0.2, -0.15) is 0 Å². The summed E-state index contributed by atoms with van der Waals surface area (Å²) >= 11 is 0. The molecule has 1 aromatic carbocycles. The first-order valence-corrected chi connectivity index (χ1v) is 14.8. The van der Waals surface area contributed by atoms with Gasteiger partial charge in [0.2, 0.25) is 0 Å². The minimum Gasteiger partial charge on any atom is -0.371 e. The van der Waals surface area contributed by atoms with Gasteiger partial charge in [-0.25, -0.2) is 27.2 Å². The van der Waals surface area contributed by atoms with Crippen LogP contribution in [0.25, 0.3) is 5.65 Å². The SMILES string of the molecule is CS(=O)(=O)c1ccc(C(=O)Nc2cn3ccnc3c(N3CCC(F)(F)CC3)n2)c(N2CCC3(CC2)CC3)c1. The fourth-order valence-corrected chi connectivity index (χ4v) is 6.15. The Bertz CT molecular complexity index is 1500. The minimum absolute atomic E-state index is 0.132. The Morgan fingerprint density at radius 2 is 1.68 bits per heavy atom. The Morgan fingerprint density at radius 3 is 2.34 bits per heavy atom. The van der Waals surface area contributed by atoms with Crippen molar-refractivity contribution >= 4 is 38.7 Å². The zero-order chi connectivity index (χ0) is 26.7. The molecule has 0 unspecified atom stereocenters. The number of anilines is 3. The maximum absolute atomic E-state index is 13.8. The van der Waals surface area contributed by atoms with Crippen LogP contribution in [0.2, 0.25) is 0 Å². The molecule has 38 heavy (non-hydrogen) atoms. The third-order valence-electron chi connectivity index (χ3n) is 8.16. The lowest BCUT2D eigenvalue weighted by Crippen LogP contribution is -2.40. The van der Waals surface area contributed by atoms with Crippen molar-refractivity contribution in [3.63, 3.8) is 0 Å². The fourth-order valence-electron chi connectivity index (χ4n) is 5.51. The van der Waals surface area contributed by atoms with Crippen LogP contribution in [0.3, 0.4) is 0 Å². The molecule has 202 valence electrons. The van der Waals surface area contributed by atoms with Crippen LogP contribution in [0, 0.1) is 5.41 Å². The minimum atomic E-state index is -3.46. The van der Waals surface area contributed by atoms with Crippen molar-refractivity contribution < 1.29 is 22.0 Å². The number of fused-ring (bicyclic) bond motifs is 1. The first kappa shape index (κ1) is 25.0. The van der Waals surface area contributed by atoms with E-state index in [2.05, 4.69) is 20.2 Å². The van der Waals surface area contributed by atoms with Crippen molar-refractivity contribution in [3.8, 4) is 0 Å². The summed E-state index contributed by atoms with van der Waals surface area (Å²) in [4.78, 5) is 26.5.